The molecule has 0 aliphatic rings. The number of benzene rings is 1. The highest BCUT2D eigenvalue weighted by Gasteiger charge is 2.14. The summed E-state index contributed by atoms with van der Waals surface area (Å²) in [5.41, 5.74) is 0.631. The highest BCUT2D eigenvalue weighted by Crippen LogP contribution is 2.22. The van der Waals surface area contributed by atoms with Crippen molar-refractivity contribution in [2.45, 2.75) is 12.8 Å². The third kappa shape index (κ3) is 1.90. The first-order valence-electron chi connectivity index (χ1n) is 4.07. The van der Waals surface area contributed by atoms with E-state index in [0.29, 0.717) is 11.8 Å². The topological polar surface area (TPSA) is 74.6 Å². The van der Waals surface area contributed by atoms with Gasteiger partial charge in [-0.05, 0) is 24.6 Å². The van der Waals surface area contributed by atoms with Gasteiger partial charge in [-0.25, -0.2) is 0 Å². The van der Waals surface area contributed by atoms with E-state index in [-0.39, 0.29) is 11.3 Å². The van der Waals surface area contributed by atoms with Gasteiger partial charge in [-0.2, -0.15) is 0 Å². The van der Waals surface area contributed by atoms with Gasteiger partial charge in [-0.3, -0.25) is 9.59 Å². The number of phenolic OH excluding ortho intramolecular Hbond substituents is 1. The van der Waals surface area contributed by atoms with E-state index in [9.17, 15) is 14.7 Å². The molecule has 0 spiro atoms. The molecule has 0 aliphatic heterocycles. The molecule has 0 fully saturated rings. The van der Waals surface area contributed by atoms with Crippen LogP contribution in [0.4, 0.5) is 0 Å². The van der Waals surface area contributed by atoms with E-state index in [1.165, 1.54) is 25.1 Å². The summed E-state index contributed by atoms with van der Waals surface area (Å²) in [5.74, 6) is -1.85. The lowest BCUT2D eigenvalue weighted by Gasteiger charge is -2.07. The van der Waals surface area contributed by atoms with E-state index in [1.54, 1.807) is 0 Å². The summed E-state index contributed by atoms with van der Waals surface area (Å²) in [7, 11) is 0. The summed E-state index contributed by atoms with van der Waals surface area (Å²) in [6, 6.07) is 4.21. The Kier molecular flexibility index (Phi) is 2.86. The van der Waals surface area contributed by atoms with Gasteiger partial charge in [0.05, 0.1) is 11.5 Å². The zero-order chi connectivity index (χ0) is 10.7. The smallest absolute Gasteiger partial charge is 0.310 e. The van der Waals surface area contributed by atoms with Crippen LogP contribution >= 0.6 is 0 Å². The zero-order valence-electron chi connectivity index (χ0n) is 7.60. The fourth-order valence-corrected chi connectivity index (χ4v) is 1.07. The Hall–Kier alpha value is -1.84. The molecular weight excluding hydrogens is 184 g/mol. The van der Waals surface area contributed by atoms with Crippen LogP contribution in [-0.2, 0) is 4.79 Å². The van der Waals surface area contributed by atoms with Crippen molar-refractivity contribution in [3.8, 4) is 5.75 Å². The van der Waals surface area contributed by atoms with Crippen molar-refractivity contribution in [3.63, 3.8) is 0 Å². The number of hydrogen-bond donors (Lipinski definition) is 2. The zero-order valence-corrected chi connectivity index (χ0v) is 7.60. The molecule has 4 heteroatoms. The average molecular weight is 194 g/mol. The quantitative estimate of drug-likeness (QED) is 0.713. The second-order valence-corrected chi connectivity index (χ2v) is 3.00. The predicted octanol–water partition coefficient (Wildman–Crippen LogP) is 1.39. The minimum atomic E-state index is -0.969. The van der Waals surface area contributed by atoms with Gasteiger partial charge in [-0.15, -0.1) is 0 Å². The molecule has 0 saturated carbocycles. The number of carbonyl (C=O) groups excluding carboxylic acids is 1. The molecule has 0 aromatic heterocycles. The van der Waals surface area contributed by atoms with Gasteiger partial charge in [0.1, 0.15) is 5.75 Å². The molecule has 74 valence electrons. The van der Waals surface area contributed by atoms with E-state index >= 15 is 0 Å². The van der Waals surface area contributed by atoms with Crippen LogP contribution in [0.25, 0.3) is 0 Å². The van der Waals surface area contributed by atoms with Crippen molar-refractivity contribution >= 4 is 12.3 Å². The van der Waals surface area contributed by atoms with Crippen LogP contribution in [0.1, 0.15) is 28.8 Å². The molecule has 0 heterocycles. The highest BCUT2D eigenvalue weighted by atomic mass is 16.4. The molecule has 0 radical (unpaired) electrons. The number of carboxylic acid groups (broad SMARTS) is 1. The van der Waals surface area contributed by atoms with E-state index in [4.69, 9.17) is 5.11 Å². The molecule has 1 atom stereocenters. The lowest BCUT2D eigenvalue weighted by Crippen LogP contribution is -2.07. The fraction of sp³-hybridized carbons (Fsp3) is 0.200. The van der Waals surface area contributed by atoms with Crippen LogP contribution in [0, 0.1) is 0 Å². The van der Waals surface area contributed by atoms with E-state index in [2.05, 4.69) is 0 Å². The van der Waals surface area contributed by atoms with Crippen molar-refractivity contribution in [2.24, 2.45) is 0 Å². The van der Waals surface area contributed by atoms with Gasteiger partial charge in [0.25, 0.3) is 0 Å². The average Bonchev–Trinajstić information content (AvgIpc) is 2.16. The summed E-state index contributed by atoms with van der Waals surface area (Å²) in [5, 5.41) is 18.0. The molecule has 4 nitrogen and oxygen atoms in total. The fourth-order valence-electron chi connectivity index (χ4n) is 1.07. The Labute approximate surface area is 80.8 Å². The van der Waals surface area contributed by atoms with E-state index in [0.717, 1.165) is 0 Å². The Morgan fingerprint density at radius 1 is 1.50 bits per heavy atom. The van der Waals surface area contributed by atoms with Crippen LogP contribution < -0.4 is 0 Å². The number of hydrogen-bond acceptors (Lipinski definition) is 3. The molecule has 1 aromatic carbocycles. The molecule has 1 rings (SSSR count). The maximum Gasteiger partial charge on any atom is 0.310 e. The summed E-state index contributed by atoms with van der Waals surface area (Å²) in [4.78, 5) is 21.0. The van der Waals surface area contributed by atoms with Gasteiger partial charge in [0, 0.05) is 0 Å². The molecule has 0 bridgehead atoms. The number of aldehydes is 1. The Bertz CT molecular complexity index is 370. The second-order valence-electron chi connectivity index (χ2n) is 3.00. The second kappa shape index (κ2) is 3.91. The molecule has 0 unspecified atom stereocenters. The molecule has 0 amide bonds. The number of carboxylic acids is 1. The molecular formula is C10H10O4. The third-order valence-corrected chi connectivity index (χ3v) is 2.05. The molecule has 2 N–H and O–H groups in total. The van der Waals surface area contributed by atoms with E-state index in [1.807, 2.05) is 0 Å². The van der Waals surface area contributed by atoms with Gasteiger partial charge in [-0.1, -0.05) is 6.07 Å². The summed E-state index contributed by atoms with van der Waals surface area (Å²) >= 11 is 0. The van der Waals surface area contributed by atoms with Gasteiger partial charge in [0.15, 0.2) is 6.29 Å². The number of aliphatic carboxylic acids is 1. The first-order valence-corrected chi connectivity index (χ1v) is 4.07. The molecule has 0 aliphatic carbocycles. The number of aromatic hydroxyl groups is 1. The first kappa shape index (κ1) is 10.2. The summed E-state index contributed by atoms with van der Waals surface area (Å²) < 4.78 is 0. The van der Waals surface area contributed by atoms with Crippen LogP contribution in [0.2, 0.25) is 0 Å². The summed E-state index contributed by atoms with van der Waals surface area (Å²) in [6.45, 7) is 1.51. The van der Waals surface area contributed by atoms with Crippen molar-refractivity contribution in [2.75, 3.05) is 0 Å². The number of carbonyl (C=O) groups is 2. The lowest BCUT2D eigenvalue weighted by atomic mass is 10.00. The third-order valence-electron chi connectivity index (χ3n) is 2.05. The van der Waals surface area contributed by atoms with Crippen molar-refractivity contribution in [1.82, 2.24) is 0 Å². The van der Waals surface area contributed by atoms with Crippen LogP contribution in [0.3, 0.4) is 0 Å². The maximum atomic E-state index is 10.6. The highest BCUT2D eigenvalue weighted by molar-refractivity contribution is 5.81. The SMILES string of the molecule is C[C@@H](C(=O)O)c1ccc(C=O)c(O)c1. The maximum absolute atomic E-state index is 10.6. The summed E-state index contributed by atoms with van der Waals surface area (Å²) in [6.07, 6.45) is 0.518. The lowest BCUT2D eigenvalue weighted by molar-refractivity contribution is -0.138. The molecule has 14 heavy (non-hydrogen) atoms. The minimum absolute atomic E-state index is 0.159. The van der Waals surface area contributed by atoms with Crippen LogP contribution in [0.5, 0.6) is 5.75 Å². The number of phenols is 1. The molecule has 1 aromatic rings. The van der Waals surface area contributed by atoms with Crippen LogP contribution in [0.15, 0.2) is 18.2 Å². The van der Waals surface area contributed by atoms with Crippen molar-refractivity contribution in [1.29, 1.82) is 0 Å². The Morgan fingerprint density at radius 3 is 2.57 bits per heavy atom. The normalized spacial score (nSPS) is 12.1. The predicted molar refractivity (Wildman–Crippen MR) is 49.5 cm³/mol. The number of rotatable bonds is 3. The van der Waals surface area contributed by atoms with E-state index < -0.39 is 11.9 Å². The standard InChI is InChI=1S/C10H10O4/c1-6(10(13)14)7-2-3-8(5-11)9(12)4-7/h2-6,12H,1H3,(H,13,14)/t6-/m1/s1. The van der Waals surface area contributed by atoms with Crippen molar-refractivity contribution in [3.05, 3.63) is 29.3 Å². The van der Waals surface area contributed by atoms with Crippen LogP contribution in [-0.4, -0.2) is 22.5 Å². The van der Waals surface area contributed by atoms with Gasteiger partial charge >= 0.3 is 5.97 Å². The monoisotopic (exact) mass is 194 g/mol. The van der Waals surface area contributed by atoms with Gasteiger partial charge < -0.3 is 10.2 Å². The minimum Gasteiger partial charge on any atom is -0.507 e. The van der Waals surface area contributed by atoms with Crippen molar-refractivity contribution < 1.29 is 19.8 Å². The largest absolute Gasteiger partial charge is 0.507 e. The Balaban J connectivity index is 3.08. The molecule has 0 saturated heterocycles. The Morgan fingerprint density at radius 2 is 2.14 bits per heavy atom. The van der Waals surface area contributed by atoms with Gasteiger partial charge in [0.2, 0.25) is 0 Å². The first-order chi connectivity index (χ1) is 6.56.